The standard InChI is InChI=1S/C31H33N5O3S/c1-20-19-24(21(2)36(20)22-12-14-23(38-3)15-13-22)30-29(26-10-7-8-17-32-26)34-31(40)35(30)18-16-28(37)33-25-9-5-6-11-27(25)39-4/h5-15,17,19,29-30H,16,18H2,1-4H3,(H,33,37)(H,34,40)/t29-,30+/m0/s1. The van der Waals surface area contributed by atoms with Gasteiger partial charge in [-0.1, -0.05) is 18.2 Å². The molecule has 0 spiro atoms. The zero-order chi connectivity index (χ0) is 28.2. The number of thiocarbonyl (C=S) groups is 1. The lowest BCUT2D eigenvalue weighted by atomic mass is 9.96. The number of carbonyl (C=O) groups excluding carboxylic acids is 1. The molecule has 2 aromatic carbocycles. The number of benzene rings is 2. The van der Waals surface area contributed by atoms with Gasteiger partial charge in [0.15, 0.2) is 5.11 Å². The molecule has 1 aliphatic rings. The van der Waals surface area contributed by atoms with Gasteiger partial charge in [0.2, 0.25) is 5.91 Å². The van der Waals surface area contributed by atoms with Crippen LogP contribution in [0.4, 0.5) is 5.69 Å². The van der Waals surface area contributed by atoms with Gasteiger partial charge < -0.3 is 29.6 Å². The van der Waals surface area contributed by atoms with Crippen molar-refractivity contribution in [3.63, 3.8) is 0 Å². The third-order valence-corrected chi connectivity index (χ3v) is 7.63. The van der Waals surface area contributed by atoms with Crippen LogP contribution in [0.2, 0.25) is 0 Å². The molecule has 0 unspecified atom stereocenters. The van der Waals surface area contributed by atoms with Gasteiger partial charge in [-0.3, -0.25) is 9.78 Å². The van der Waals surface area contributed by atoms with E-state index in [1.807, 2.05) is 54.6 Å². The van der Waals surface area contributed by atoms with E-state index in [-0.39, 0.29) is 24.4 Å². The van der Waals surface area contributed by atoms with Crippen LogP contribution in [0.3, 0.4) is 0 Å². The minimum Gasteiger partial charge on any atom is -0.497 e. The Morgan fingerprint density at radius 1 is 1.02 bits per heavy atom. The Hall–Kier alpha value is -4.37. The summed E-state index contributed by atoms with van der Waals surface area (Å²) < 4.78 is 13.0. The maximum atomic E-state index is 13.0. The fourth-order valence-corrected chi connectivity index (χ4v) is 5.71. The number of methoxy groups -OCH3 is 2. The molecule has 0 bridgehead atoms. The van der Waals surface area contributed by atoms with E-state index < -0.39 is 0 Å². The topological polar surface area (TPSA) is 80.7 Å². The van der Waals surface area contributed by atoms with E-state index in [0.717, 1.165) is 34.1 Å². The smallest absolute Gasteiger partial charge is 0.226 e. The van der Waals surface area contributed by atoms with E-state index in [2.05, 4.69) is 57.1 Å². The van der Waals surface area contributed by atoms with Gasteiger partial charge in [0.1, 0.15) is 11.5 Å². The Kier molecular flexibility index (Phi) is 8.02. The molecule has 1 amide bonds. The predicted molar refractivity (Wildman–Crippen MR) is 160 cm³/mol. The molecule has 0 saturated carbocycles. The van der Waals surface area contributed by atoms with Crippen molar-refractivity contribution < 1.29 is 14.3 Å². The number of para-hydroxylation sites is 2. The number of hydrogen-bond acceptors (Lipinski definition) is 5. The first-order chi connectivity index (χ1) is 19.4. The fourth-order valence-electron chi connectivity index (χ4n) is 5.38. The SMILES string of the molecule is COc1ccc(-n2c(C)cc([C@@H]3[C@H](c4ccccn4)NC(=S)N3CCC(=O)Nc3ccccc3OC)c2C)cc1. The van der Waals surface area contributed by atoms with Crippen LogP contribution in [0.5, 0.6) is 11.5 Å². The fraction of sp³-hybridized carbons (Fsp3) is 0.258. The molecule has 206 valence electrons. The molecule has 5 rings (SSSR count). The Labute approximate surface area is 239 Å². The molecule has 0 radical (unpaired) electrons. The number of rotatable bonds is 9. The van der Waals surface area contributed by atoms with E-state index in [0.29, 0.717) is 23.1 Å². The molecule has 1 saturated heterocycles. The largest absolute Gasteiger partial charge is 0.497 e. The highest BCUT2D eigenvalue weighted by Gasteiger charge is 2.41. The molecular formula is C31H33N5O3S. The Morgan fingerprint density at radius 2 is 1.77 bits per heavy atom. The number of hydrogen-bond donors (Lipinski definition) is 2. The van der Waals surface area contributed by atoms with Crippen molar-refractivity contribution in [2.45, 2.75) is 32.4 Å². The van der Waals surface area contributed by atoms with Crippen molar-refractivity contribution in [2.75, 3.05) is 26.1 Å². The second kappa shape index (κ2) is 11.8. The maximum absolute atomic E-state index is 13.0. The zero-order valence-electron chi connectivity index (χ0n) is 23.0. The van der Waals surface area contributed by atoms with Gasteiger partial charge in [-0.15, -0.1) is 0 Å². The van der Waals surface area contributed by atoms with Crippen LogP contribution in [-0.4, -0.2) is 46.2 Å². The molecule has 1 aliphatic heterocycles. The minimum atomic E-state index is -0.171. The number of pyridine rings is 1. The lowest BCUT2D eigenvalue weighted by Crippen LogP contribution is -2.33. The van der Waals surface area contributed by atoms with Crippen molar-refractivity contribution in [2.24, 2.45) is 0 Å². The Balaban J connectivity index is 1.46. The van der Waals surface area contributed by atoms with Crippen LogP contribution in [0.1, 0.15) is 41.1 Å². The molecule has 9 heteroatoms. The number of ether oxygens (including phenoxy) is 2. The van der Waals surface area contributed by atoms with Gasteiger partial charge in [-0.05, 0) is 86.2 Å². The molecule has 1 fully saturated rings. The maximum Gasteiger partial charge on any atom is 0.226 e. The van der Waals surface area contributed by atoms with Gasteiger partial charge >= 0.3 is 0 Å². The molecule has 40 heavy (non-hydrogen) atoms. The molecule has 0 aliphatic carbocycles. The number of carbonyl (C=O) groups is 1. The second-order valence-electron chi connectivity index (χ2n) is 9.68. The van der Waals surface area contributed by atoms with Crippen LogP contribution in [0, 0.1) is 13.8 Å². The van der Waals surface area contributed by atoms with Crippen LogP contribution in [0.25, 0.3) is 5.69 Å². The third kappa shape index (κ3) is 5.37. The summed E-state index contributed by atoms with van der Waals surface area (Å²) >= 11 is 5.83. The first-order valence-corrected chi connectivity index (χ1v) is 13.6. The van der Waals surface area contributed by atoms with Crippen molar-refractivity contribution in [3.8, 4) is 17.2 Å². The Morgan fingerprint density at radius 3 is 2.48 bits per heavy atom. The summed E-state index contributed by atoms with van der Waals surface area (Å²) in [6, 6.07) is 23.2. The number of anilines is 1. The summed E-state index contributed by atoms with van der Waals surface area (Å²) in [6.07, 6.45) is 2.05. The minimum absolute atomic E-state index is 0.115. The molecule has 8 nitrogen and oxygen atoms in total. The van der Waals surface area contributed by atoms with Gasteiger partial charge in [0.05, 0.1) is 37.7 Å². The normalized spacial score (nSPS) is 16.5. The molecule has 2 N–H and O–H groups in total. The van der Waals surface area contributed by atoms with E-state index in [4.69, 9.17) is 21.7 Å². The summed E-state index contributed by atoms with van der Waals surface area (Å²) in [6.45, 7) is 4.66. The van der Waals surface area contributed by atoms with E-state index in [9.17, 15) is 4.79 Å². The number of amides is 1. The van der Waals surface area contributed by atoms with Gasteiger partial charge in [-0.2, -0.15) is 0 Å². The molecular weight excluding hydrogens is 522 g/mol. The number of aromatic nitrogens is 2. The van der Waals surface area contributed by atoms with E-state index >= 15 is 0 Å². The highest BCUT2D eigenvalue weighted by atomic mass is 32.1. The molecule has 4 aromatic rings. The quantitative estimate of drug-likeness (QED) is 0.264. The number of nitrogens with one attached hydrogen (secondary N) is 2. The summed E-state index contributed by atoms with van der Waals surface area (Å²) in [7, 11) is 3.25. The summed E-state index contributed by atoms with van der Waals surface area (Å²) in [5.74, 6) is 1.31. The van der Waals surface area contributed by atoms with E-state index in [1.54, 1.807) is 20.4 Å². The van der Waals surface area contributed by atoms with E-state index in [1.165, 1.54) is 0 Å². The third-order valence-electron chi connectivity index (χ3n) is 7.28. The van der Waals surface area contributed by atoms with Crippen LogP contribution in [0.15, 0.2) is 79.0 Å². The van der Waals surface area contributed by atoms with Crippen molar-refractivity contribution >= 4 is 28.9 Å². The highest BCUT2D eigenvalue weighted by Crippen LogP contribution is 2.41. The van der Waals surface area contributed by atoms with Gasteiger partial charge in [0, 0.05) is 36.2 Å². The first kappa shape index (κ1) is 27.2. The monoisotopic (exact) mass is 555 g/mol. The number of aryl methyl sites for hydroxylation is 1. The second-order valence-corrected chi connectivity index (χ2v) is 10.1. The van der Waals surface area contributed by atoms with Crippen LogP contribution < -0.4 is 20.1 Å². The van der Waals surface area contributed by atoms with Crippen molar-refractivity contribution in [1.82, 2.24) is 19.8 Å². The average Bonchev–Trinajstić information content (AvgIpc) is 3.46. The summed E-state index contributed by atoms with van der Waals surface area (Å²) in [5.41, 5.74) is 5.91. The van der Waals surface area contributed by atoms with Gasteiger partial charge in [0.25, 0.3) is 0 Å². The highest BCUT2D eigenvalue weighted by molar-refractivity contribution is 7.80. The van der Waals surface area contributed by atoms with Crippen molar-refractivity contribution in [3.05, 3.63) is 102 Å². The van der Waals surface area contributed by atoms with Crippen LogP contribution >= 0.6 is 12.2 Å². The van der Waals surface area contributed by atoms with Crippen LogP contribution in [-0.2, 0) is 4.79 Å². The Bertz CT molecular complexity index is 1500. The molecule has 2 atom stereocenters. The lowest BCUT2D eigenvalue weighted by molar-refractivity contribution is -0.116. The molecule has 3 heterocycles. The van der Waals surface area contributed by atoms with Crippen molar-refractivity contribution in [1.29, 1.82) is 0 Å². The van der Waals surface area contributed by atoms with Gasteiger partial charge in [-0.25, -0.2) is 0 Å². The average molecular weight is 556 g/mol. The molecule has 2 aromatic heterocycles. The summed E-state index contributed by atoms with van der Waals surface area (Å²) in [4.78, 5) is 19.8. The zero-order valence-corrected chi connectivity index (χ0v) is 23.9. The lowest BCUT2D eigenvalue weighted by Gasteiger charge is -2.28. The number of nitrogens with zero attached hydrogens (tertiary/aromatic N) is 3. The first-order valence-electron chi connectivity index (χ1n) is 13.2. The summed E-state index contributed by atoms with van der Waals surface area (Å²) in [5, 5.41) is 7.06. The predicted octanol–water partition coefficient (Wildman–Crippen LogP) is 5.51.